The molecule has 0 N–H and O–H groups in total. The Morgan fingerprint density at radius 2 is 1.76 bits per heavy atom. The summed E-state index contributed by atoms with van der Waals surface area (Å²) in [4.78, 5) is 11.6. The zero-order valence-corrected chi connectivity index (χ0v) is 10.4. The average Bonchev–Trinajstić information content (AvgIpc) is 2.27. The predicted octanol–water partition coefficient (Wildman–Crippen LogP) is 3.83. The Morgan fingerprint density at radius 1 is 1.12 bits per heavy atom. The molecule has 2 aromatic rings. The molecule has 0 saturated carbocycles. The molecule has 0 aliphatic rings. The molecule has 0 spiro atoms. The first-order valence-electron chi connectivity index (χ1n) is 5.79. The van der Waals surface area contributed by atoms with Gasteiger partial charge in [-0.05, 0) is 32.2 Å². The van der Waals surface area contributed by atoms with Crippen LogP contribution in [-0.2, 0) is 0 Å². The highest BCUT2D eigenvalue weighted by Gasteiger charge is 2.11. The molecule has 17 heavy (non-hydrogen) atoms. The van der Waals surface area contributed by atoms with Gasteiger partial charge in [-0.3, -0.25) is 4.79 Å². The lowest BCUT2D eigenvalue weighted by molar-refractivity contribution is 0.101. The maximum atomic E-state index is 11.6. The molecule has 0 aromatic heterocycles. The summed E-state index contributed by atoms with van der Waals surface area (Å²) in [7, 11) is 0. The summed E-state index contributed by atoms with van der Waals surface area (Å²) in [5.41, 5.74) is 0.721. The number of ketones is 1. The summed E-state index contributed by atoms with van der Waals surface area (Å²) < 4.78 is 5.77. The Hall–Kier alpha value is -1.83. The van der Waals surface area contributed by atoms with Crippen LogP contribution in [0.2, 0.25) is 0 Å². The highest BCUT2D eigenvalue weighted by molar-refractivity contribution is 6.09. The second kappa shape index (κ2) is 4.58. The summed E-state index contributed by atoms with van der Waals surface area (Å²) >= 11 is 0. The van der Waals surface area contributed by atoms with Crippen molar-refractivity contribution in [3.8, 4) is 5.75 Å². The van der Waals surface area contributed by atoms with Crippen LogP contribution in [0.1, 0.15) is 31.1 Å². The van der Waals surface area contributed by atoms with Gasteiger partial charge in [-0.2, -0.15) is 0 Å². The van der Waals surface area contributed by atoms with Crippen LogP contribution in [0.4, 0.5) is 0 Å². The van der Waals surface area contributed by atoms with Crippen molar-refractivity contribution < 1.29 is 9.53 Å². The monoisotopic (exact) mass is 228 g/mol. The number of carbonyl (C=O) groups excluding carboxylic acids is 1. The first kappa shape index (κ1) is 11.6. The number of hydrogen-bond acceptors (Lipinski definition) is 2. The molecule has 0 saturated heterocycles. The Balaban J connectivity index is 2.71. The van der Waals surface area contributed by atoms with E-state index in [2.05, 4.69) is 0 Å². The lowest BCUT2D eigenvalue weighted by Gasteiger charge is -2.14. The fraction of sp³-hybridized carbons (Fsp3) is 0.267. The van der Waals surface area contributed by atoms with E-state index in [1.165, 1.54) is 0 Å². The molecule has 2 rings (SSSR count). The average molecular weight is 228 g/mol. The molecule has 2 nitrogen and oxygen atoms in total. The summed E-state index contributed by atoms with van der Waals surface area (Å²) in [5.74, 6) is 0.846. The van der Waals surface area contributed by atoms with E-state index in [0.29, 0.717) is 0 Å². The Labute approximate surface area is 101 Å². The molecule has 88 valence electrons. The molecule has 0 aliphatic carbocycles. The fourth-order valence-corrected chi connectivity index (χ4v) is 1.95. The first-order chi connectivity index (χ1) is 8.09. The van der Waals surface area contributed by atoms with Crippen molar-refractivity contribution in [3.63, 3.8) is 0 Å². The molecule has 0 atom stereocenters. The Morgan fingerprint density at radius 3 is 2.35 bits per heavy atom. The molecule has 0 fully saturated rings. The summed E-state index contributed by atoms with van der Waals surface area (Å²) in [6, 6.07) is 11.6. The van der Waals surface area contributed by atoms with Crippen LogP contribution < -0.4 is 4.74 Å². The first-order valence-corrected chi connectivity index (χ1v) is 5.79. The van der Waals surface area contributed by atoms with E-state index in [1.54, 1.807) is 6.92 Å². The third kappa shape index (κ3) is 2.31. The van der Waals surface area contributed by atoms with Gasteiger partial charge in [0.15, 0.2) is 5.78 Å². The molecule has 0 radical (unpaired) electrons. The van der Waals surface area contributed by atoms with Crippen LogP contribution in [-0.4, -0.2) is 11.9 Å². The standard InChI is InChI=1S/C15H16O2/c1-10(2)17-14-9-5-7-12-6-4-8-13(11(3)16)15(12)14/h4-10H,1-3H3. The van der Waals surface area contributed by atoms with Crippen LogP contribution >= 0.6 is 0 Å². The van der Waals surface area contributed by atoms with Crippen molar-refractivity contribution in [3.05, 3.63) is 42.0 Å². The van der Waals surface area contributed by atoms with Crippen LogP contribution in [0.15, 0.2) is 36.4 Å². The van der Waals surface area contributed by atoms with Gasteiger partial charge in [-0.15, -0.1) is 0 Å². The molecule has 0 unspecified atom stereocenters. The highest BCUT2D eigenvalue weighted by Crippen LogP contribution is 2.30. The number of carbonyl (C=O) groups is 1. The van der Waals surface area contributed by atoms with Gasteiger partial charge in [0.1, 0.15) is 5.75 Å². The van der Waals surface area contributed by atoms with E-state index >= 15 is 0 Å². The minimum Gasteiger partial charge on any atom is -0.490 e. The molecule has 0 amide bonds. The number of benzene rings is 2. The topological polar surface area (TPSA) is 26.3 Å². The van der Waals surface area contributed by atoms with Crippen molar-refractivity contribution in [2.75, 3.05) is 0 Å². The number of rotatable bonds is 3. The lowest BCUT2D eigenvalue weighted by atomic mass is 10.0. The van der Waals surface area contributed by atoms with Gasteiger partial charge < -0.3 is 4.74 Å². The SMILES string of the molecule is CC(=O)c1cccc2cccc(OC(C)C)c12. The van der Waals surface area contributed by atoms with Crippen LogP contribution in [0.25, 0.3) is 10.8 Å². The fourth-order valence-electron chi connectivity index (χ4n) is 1.95. The van der Waals surface area contributed by atoms with Gasteiger partial charge >= 0.3 is 0 Å². The van der Waals surface area contributed by atoms with E-state index in [9.17, 15) is 4.79 Å². The van der Waals surface area contributed by atoms with Gasteiger partial charge in [-0.1, -0.05) is 30.3 Å². The molecular weight excluding hydrogens is 212 g/mol. The van der Waals surface area contributed by atoms with Gasteiger partial charge in [0.2, 0.25) is 0 Å². The second-order valence-corrected chi connectivity index (χ2v) is 4.38. The van der Waals surface area contributed by atoms with Crippen LogP contribution in [0, 0.1) is 0 Å². The number of hydrogen-bond donors (Lipinski definition) is 0. The summed E-state index contributed by atoms with van der Waals surface area (Å²) in [6.45, 7) is 5.55. The van der Waals surface area contributed by atoms with Crippen molar-refractivity contribution in [2.45, 2.75) is 26.9 Å². The number of ether oxygens (including phenoxy) is 1. The molecule has 0 heterocycles. The van der Waals surface area contributed by atoms with E-state index in [-0.39, 0.29) is 11.9 Å². The normalized spacial score (nSPS) is 10.8. The summed E-state index contributed by atoms with van der Waals surface area (Å²) in [6.07, 6.45) is 0.0978. The molecule has 2 heteroatoms. The van der Waals surface area contributed by atoms with Crippen molar-refractivity contribution >= 4 is 16.6 Å². The maximum absolute atomic E-state index is 11.6. The van der Waals surface area contributed by atoms with Gasteiger partial charge in [0.05, 0.1) is 6.10 Å². The van der Waals surface area contributed by atoms with E-state index in [4.69, 9.17) is 4.74 Å². The largest absolute Gasteiger partial charge is 0.490 e. The smallest absolute Gasteiger partial charge is 0.160 e. The van der Waals surface area contributed by atoms with Gasteiger partial charge in [0, 0.05) is 10.9 Å². The highest BCUT2D eigenvalue weighted by atomic mass is 16.5. The quantitative estimate of drug-likeness (QED) is 0.746. The Kier molecular flexibility index (Phi) is 3.14. The molecule has 0 aliphatic heterocycles. The molecule has 0 bridgehead atoms. The van der Waals surface area contributed by atoms with E-state index in [1.807, 2.05) is 50.2 Å². The predicted molar refractivity (Wildman–Crippen MR) is 69.7 cm³/mol. The molecular formula is C15H16O2. The van der Waals surface area contributed by atoms with Crippen molar-refractivity contribution in [2.24, 2.45) is 0 Å². The number of fused-ring (bicyclic) bond motifs is 1. The van der Waals surface area contributed by atoms with Crippen molar-refractivity contribution in [1.82, 2.24) is 0 Å². The minimum absolute atomic E-state index is 0.0652. The lowest BCUT2D eigenvalue weighted by Crippen LogP contribution is -2.07. The van der Waals surface area contributed by atoms with Crippen molar-refractivity contribution in [1.29, 1.82) is 0 Å². The second-order valence-electron chi connectivity index (χ2n) is 4.38. The maximum Gasteiger partial charge on any atom is 0.160 e. The van der Waals surface area contributed by atoms with Crippen LogP contribution in [0.5, 0.6) is 5.75 Å². The van der Waals surface area contributed by atoms with E-state index in [0.717, 1.165) is 22.1 Å². The zero-order valence-electron chi connectivity index (χ0n) is 10.4. The summed E-state index contributed by atoms with van der Waals surface area (Å²) in [5, 5.41) is 1.95. The Bertz CT molecular complexity index is 551. The zero-order chi connectivity index (χ0) is 12.4. The third-order valence-corrected chi connectivity index (χ3v) is 2.61. The molecule has 2 aromatic carbocycles. The van der Waals surface area contributed by atoms with E-state index < -0.39 is 0 Å². The van der Waals surface area contributed by atoms with Gasteiger partial charge in [-0.25, -0.2) is 0 Å². The minimum atomic E-state index is 0.0652. The third-order valence-electron chi connectivity index (χ3n) is 2.61. The number of Topliss-reactive ketones (excluding diaryl/α,β-unsaturated/α-hetero) is 1. The van der Waals surface area contributed by atoms with Gasteiger partial charge in [0.25, 0.3) is 0 Å². The van der Waals surface area contributed by atoms with Crippen LogP contribution in [0.3, 0.4) is 0 Å².